The van der Waals surface area contributed by atoms with Gasteiger partial charge in [-0.15, -0.1) is 11.8 Å². The third-order valence-electron chi connectivity index (χ3n) is 6.74. The van der Waals surface area contributed by atoms with Crippen LogP contribution in [0.3, 0.4) is 0 Å². The van der Waals surface area contributed by atoms with E-state index in [2.05, 4.69) is 10.6 Å². The van der Waals surface area contributed by atoms with E-state index in [4.69, 9.17) is 0 Å². The van der Waals surface area contributed by atoms with Gasteiger partial charge in [-0.1, -0.05) is 57.7 Å². The van der Waals surface area contributed by atoms with Gasteiger partial charge in [0.1, 0.15) is 17.5 Å². The molecule has 2 heterocycles. The van der Waals surface area contributed by atoms with Crippen molar-refractivity contribution >= 4 is 29.5 Å². The molecule has 1 saturated carbocycles. The van der Waals surface area contributed by atoms with Crippen LogP contribution in [0.4, 0.5) is 0 Å². The minimum absolute atomic E-state index is 0.0221. The van der Waals surface area contributed by atoms with E-state index in [9.17, 15) is 14.4 Å². The van der Waals surface area contributed by atoms with Crippen molar-refractivity contribution in [3.8, 4) is 0 Å². The van der Waals surface area contributed by atoms with E-state index in [1.165, 1.54) is 6.42 Å². The van der Waals surface area contributed by atoms with E-state index < -0.39 is 12.1 Å². The SMILES string of the molecule is CC[C@@H](C)[C@H](NC(=O)[C@@H]1CS[C@H]2c3ccccc3C(=O)N12)C(=O)NC1CCCCC1. The highest BCUT2D eigenvalue weighted by molar-refractivity contribution is 7.99. The molecular weight excluding hydrogens is 398 g/mol. The first-order valence-corrected chi connectivity index (χ1v) is 12.2. The van der Waals surface area contributed by atoms with Gasteiger partial charge in [0.15, 0.2) is 0 Å². The molecule has 3 aliphatic rings. The highest BCUT2D eigenvalue weighted by atomic mass is 32.2. The third kappa shape index (κ3) is 3.96. The van der Waals surface area contributed by atoms with Crippen LogP contribution < -0.4 is 10.6 Å². The van der Waals surface area contributed by atoms with Crippen LogP contribution >= 0.6 is 11.8 Å². The van der Waals surface area contributed by atoms with Gasteiger partial charge >= 0.3 is 0 Å². The van der Waals surface area contributed by atoms with Crippen LogP contribution in [-0.2, 0) is 9.59 Å². The van der Waals surface area contributed by atoms with Gasteiger partial charge in [-0.2, -0.15) is 0 Å². The maximum atomic E-state index is 13.2. The summed E-state index contributed by atoms with van der Waals surface area (Å²) in [6.45, 7) is 4.02. The Morgan fingerprint density at radius 2 is 1.93 bits per heavy atom. The van der Waals surface area contributed by atoms with Gasteiger partial charge in [0.25, 0.3) is 5.91 Å². The maximum Gasteiger partial charge on any atom is 0.256 e. The number of hydrogen-bond donors (Lipinski definition) is 2. The molecule has 4 rings (SSSR count). The van der Waals surface area contributed by atoms with Crippen molar-refractivity contribution in [2.24, 2.45) is 5.92 Å². The number of fused-ring (bicyclic) bond motifs is 3. The quantitative estimate of drug-likeness (QED) is 0.728. The first kappa shape index (κ1) is 21.2. The Balaban J connectivity index is 1.45. The molecule has 30 heavy (non-hydrogen) atoms. The molecule has 0 spiro atoms. The van der Waals surface area contributed by atoms with Crippen LogP contribution in [0.25, 0.3) is 0 Å². The second kappa shape index (κ2) is 9.00. The zero-order valence-electron chi connectivity index (χ0n) is 17.7. The van der Waals surface area contributed by atoms with E-state index in [1.807, 2.05) is 38.1 Å². The van der Waals surface area contributed by atoms with E-state index in [1.54, 1.807) is 16.7 Å². The lowest BCUT2D eigenvalue weighted by molar-refractivity contribution is -0.132. The van der Waals surface area contributed by atoms with E-state index >= 15 is 0 Å². The van der Waals surface area contributed by atoms with Crippen LogP contribution in [0.15, 0.2) is 24.3 Å². The number of carbonyl (C=O) groups is 3. The molecule has 0 bridgehead atoms. The van der Waals surface area contributed by atoms with Crippen molar-refractivity contribution in [3.05, 3.63) is 35.4 Å². The zero-order chi connectivity index (χ0) is 21.3. The van der Waals surface area contributed by atoms with Gasteiger partial charge in [-0.25, -0.2) is 0 Å². The molecule has 2 fully saturated rings. The summed E-state index contributed by atoms with van der Waals surface area (Å²) >= 11 is 1.62. The second-order valence-electron chi connectivity index (χ2n) is 8.72. The molecule has 2 N–H and O–H groups in total. The average Bonchev–Trinajstić information content (AvgIpc) is 3.32. The highest BCUT2D eigenvalue weighted by Crippen LogP contribution is 2.48. The summed E-state index contributed by atoms with van der Waals surface area (Å²) < 4.78 is 0. The Labute approximate surface area is 182 Å². The topological polar surface area (TPSA) is 78.5 Å². The monoisotopic (exact) mass is 429 g/mol. The molecular formula is C23H31N3O3S. The molecule has 4 atom stereocenters. The Kier molecular flexibility index (Phi) is 6.37. The standard InChI is InChI=1S/C23H31N3O3S/c1-3-14(2)19(21(28)24-15-9-5-4-6-10-15)25-20(27)18-13-30-23-17-12-8-7-11-16(17)22(29)26(18)23/h7-8,11-12,14-15,18-19,23H,3-6,9-10,13H2,1-2H3,(H,24,28)(H,25,27)/t14-,18+,19+,23+/m1/s1. The number of nitrogens with zero attached hydrogens (tertiary/aromatic N) is 1. The lowest BCUT2D eigenvalue weighted by Crippen LogP contribution is -2.56. The van der Waals surface area contributed by atoms with Gasteiger partial charge in [0.2, 0.25) is 11.8 Å². The van der Waals surface area contributed by atoms with Crippen LogP contribution in [0.1, 0.15) is 73.7 Å². The van der Waals surface area contributed by atoms with Crippen molar-refractivity contribution in [2.75, 3.05) is 5.75 Å². The summed E-state index contributed by atoms with van der Waals surface area (Å²) in [5.74, 6) is 0.160. The van der Waals surface area contributed by atoms with Crippen molar-refractivity contribution in [1.82, 2.24) is 15.5 Å². The molecule has 0 aromatic heterocycles. The smallest absolute Gasteiger partial charge is 0.256 e. The Hall–Kier alpha value is -2.02. The first-order chi connectivity index (χ1) is 14.5. The molecule has 0 radical (unpaired) electrons. The number of rotatable bonds is 6. The summed E-state index contributed by atoms with van der Waals surface area (Å²) in [5, 5.41) is 6.05. The number of nitrogens with one attached hydrogen (secondary N) is 2. The summed E-state index contributed by atoms with van der Waals surface area (Å²) in [5.41, 5.74) is 1.66. The number of benzene rings is 1. The average molecular weight is 430 g/mol. The molecule has 1 aromatic rings. The minimum atomic E-state index is -0.575. The van der Waals surface area contributed by atoms with Gasteiger partial charge in [-0.05, 0) is 30.4 Å². The van der Waals surface area contributed by atoms with E-state index in [0.717, 1.165) is 37.7 Å². The second-order valence-corrected chi connectivity index (χ2v) is 9.83. The first-order valence-electron chi connectivity index (χ1n) is 11.1. The van der Waals surface area contributed by atoms with Gasteiger partial charge in [0.05, 0.1) is 0 Å². The maximum absolute atomic E-state index is 13.2. The fourth-order valence-electron chi connectivity index (χ4n) is 4.73. The van der Waals surface area contributed by atoms with Crippen LogP contribution in [0, 0.1) is 5.92 Å². The fraction of sp³-hybridized carbons (Fsp3) is 0.609. The lowest BCUT2D eigenvalue weighted by Gasteiger charge is -2.30. The summed E-state index contributed by atoms with van der Waals surface area (Å²) in [6.07, 6.45) is 6.32. The van der Waals surface area contributed by atoms with Gasteiger partial charge in [-0.3, -0.25) is 14.4 Å². The molecule has 0 unspecified atom stereocenters. The molecule has 1 aliphatic carbocycles. The molecule has 2 aliphatic heterocycles. The minimum Gasteiger partial charge on any atom is -0.352 e. The van der Waals surface area contributed by atoms with E-state index in [0.29, 0.717) is 11.3 Å². The number of carbonyl (C=O) groups excluding carboxylic acids is 3. The largest absolute Gasteiger partial charge is 0.352 e. The zero-order valence-corrected chi connectivity index (χ0v) is 18.5. The Morgan fingerprint density at radius 1 is 1.20 bits per heavy atom. The number of amides is 3. The van der Waals surface area contributed by atoms with Crippen molar-refractivity contribution in [3.63, 3.8) is 0 Å². The van der Waals surface area contributed by atoms with Crippen molar-refractivity contribution in [2.45, 2.75) is 75.9 Å². The highest BCUT2D eigenvalue weighted by Gasteiger charge is 2.48. The molecule has 162 valence electrons. The molecule has 3 amide bonds. The third-order valence-corrected chi connectivity index (χ3v) is 8.04. The van der Waals surface area contributed by atoms with Crippen molar-refractivity contribution in [1.29, 1.82) is 0 Å². The van der Waals surface area contributed by atoms with Crippen molar-refractivity contribution < 1.29 is 14.4 Å². The summed E-state index contributed by atoms with van der Waals surface area (Å²) in [7, 11) is 0. The van der Waals surface area contributed by atoms with Crippen LogP contribution in [0.2, 0.25) is 0 Å². The molecule has 1 saturated heterocycles. The van der Waals surface area contributed by atoms with E-state index in [-0.39, 0.29) is 35.1 Å². The predicted molar refractivity (Wildman–Crippen MR) is 118 cm³/mol. The molecule has 6 nitrogen and oxygen atoms in total. The normalized spacial score (nSPS) is 25.4. The molecule has 1 aromatic carbocycles. The summed E-state index contributed by atoms with van der Waals surface area (Å²) in [4.78, 5) is 40.8. The predicted octanol–water partition coefficient (Wildman–Crippen LogP) is 3.24. The number of thioether (sulfide) groups is 1. The van der Waals surface area contributed by atoms with Gasteiger partial charge in [0, 0.05) is 17.4 Å². The van der Waals surface area contributed by atoms with Crippen LogP contribution in [-0.4, -0.2) is 46.5 Å². The Bertz CT molecular complexity index is 824. The van der Waals surface area contributed by atoms with Crippen LogP contribution in [0.5, 0.6) is 0 Å². The Morgan fingerprint density at radius 3 is 2.67 bits per heavy atom. The number of hydrogen-bond acceptors (Lipinski definition) is 4. The molecule has 7 heteroatoms. The lowest BCUT2D eigenvalue weighted by atomic mass is 9.93. The fourth-order valence-corrected chi connectivity index (χ4v) is 6.20. The van der Waals surface area contributed by atoms with Gasteiger partial charge < -0.3 is 15.5 Å². The summed E-state index contributed by atoms with van der Waals surface area (Å²) in [6, 6.07) is 6.65.